The smallest absolute Gasteiger partial charge is 0.142 e. The molecule has 1 aromatic rings. The summed E-state index contributed by atoms with van der Waals surface area (Å²) >= 11 is 6.19. The second-order valence-corrected chi connectivity index (χ2v) is 6.35. The lowest BCUT2D eigenvalue weighted by molar-refractivity contribution is 0.0987. The van der Waals surface area contributed by atoms with Gasteiger partial charge >= 0.3 is 0 Å². The number of benzene rings is 1. The highest BCUT2D eigenvalue weighted by Crippen LogP contribution is 2.37. The van der Waals surface area contributed by atoms with Gasteiger partial charge in [0.25, 0.3) is 0 Å². The Morgan fingerprint density at radius 1 is 1.30 bits per heavy atom. The molecule has 0 radical (unpaired) electrons. The van der Waals surface area contributed by atoms with Crippen molar-refractivity contribution in [2.75, 3.05) is 13.2 Å². The van der Waals surface area contributed by atoms with Crippen LogP contribution in [0.25, 0.3) is 0 Å². The number of fused-ring (bicyclic) bond motifs is 1. The van der Waals surface area contributed by atoms with Crippen molar-refractivity contribution in [1.82, 2.24) is 5.32 Å². The van der Waals surface area contributed by atoms with Crippen molar-refractivity contribution < 1.29 is 9.84 Å². The Kier molecular flexibility index (Phi) is 4.49. The molecule has 3 rings (SSSR count). The maximum absolute atomic E-state index is 9.75. The molecule has 0 bridgehead atoms. The van der Waals surface area contributed by atoms with Gasteiger partial charge in [-0.2, -0.15) is 0 Å². The molecule has 1 aromatic carbocycles. The van der Waals surface area contributed by atoms with E-state index in [1.807, 2.05) is 12.1 Å². The van der Waals surface area contributed by atoms with Gasteiger partial charge in [0.2, 0.25) is 0 Å². The van der Waals surface area contributed by atoms with E-state index in [-0.39, 0.29) is 6.10 Å². The highest BCUT2D eigenvalue weighted by Gasteiger charge is 2.25. The Balaban J connectivity index is 1.63. The van der Waals surface area contributed by atoms with Gasteiger partial charge in [-0.1, -0.05) is 30.2 Å². The van der Waals surface area contributed by atoms with Crippen molar-refractivity contribution in [1.29, 1.82) is 0 Å². The number of aliphatic hydroxyl groups excluding tert-OH is 1. The van der Waals surface area contributed by atoms with Crippen molar-refractivity contribution in [3.05, 3.63) is 28.8 Å². The lowest BCUT2D eigenvalue weighted by Gasteiger charge is -2.31. The summed E-state index contributed by atoms with van der Waals surface area (Å²) in [5.74, 6) is 1.42. The number of rotatable bonds is 3. The summed E-state index contributed by atoms with van der Waals surface area (Å²) in [4.78, 5) is 0. The predicted molar refractivity (Wildman–Crippen MR) is 80.3 cm³/mol. The lowest BCUT2D eigenvalue weighted by Crippen LogP contribution is -2.33. The van der Waals surface area contributed by atoms with Gasteiger partial charge in [-0.15, -0.1) is 0 Å². The van der Waals surface area contributed by atoms with Gasteiger partial charge in [0.05, 0.1) is 17.7 Å². The van der Waals surface area contributed by atoms with Crippen LogP contribution in [-0.2, 0) is 0 Å². The summed E-state index contributed by atoms with van der Waals surface area (Å²) in [5.41, 5.74) is 1.17. The topological polar surface area (TPSA) is 41.5 Å². The van der Waals surface area contributed by atoms with Crippen LogP contribution in [0.2, 0.25) is 5.02 Å². The maximum Gasteiger partial charge on any atom is 0.142 e. The van der Waals surface area contributed by atoms with Gasteiger partial charge in [-0.3, -0.25) is 0 Å². The summed E-state index contributed by atoms with van der Waals surface area (Å²) in [6.07, 6.45) is 5.12. The van der Waals surface area contributed by atoms with E-state index in [4.69, 9.17) is 16.3 Å². The first-order valence-corrected chi connectivity index (χ1v) is 7.94. The first kappa shape index (κ1) is 14.2. The molecule has 0 aromatic heterocycles. The molecule has 0 saturated heterocycles. The largest absolute Gasteiger partial charge is 0.492 e. The van der Waals surface area contributed by atoms with Gasteiger partial charge in [-0.25, -0.2) is 0 Å². The van der Waals surface area contributed by atoms with E-state index in [0.717, 1.165) is 38.0 Å². The Morgan fingerprint density at radius 2 is 2.20 bits per heavy atom. The molecule has 1 aliphatic carbocycles. The van der Waals surface area contributed by atoms with Crippen LogP contribution in [-0.4, -0.2) is 24.4 Å². The van der Waals surface area contributed by atoms with Crippen LogP contribution in [0.3, 0.4) is 0 Å². The predicted octanol–water partition coefficient (Wildman–Crippen LogP) is 3.30. The molecular weight excluding hydrogens is 274 g/mol. The summed E-state index contributed by atoms with van der Waals surface area (Å²) in [7, 11) is 0. The van der Waals surface area contributed by atoms with E-state index >= 15 is 0 Å². The monoisotopic (exact) mass is 295 g/mol. The SMILES string of the molecule is OC1CCCC(CNC2CCOc3c(Cl)cccc32)C1. The molecule has 110 valence electrons. The number of nitrogens with one attached hydrogen (secondary N) is 1. The molecule has 3 nitrogen and oxygen atoms in total. The Labute approximate surface area is 125 Å². The molecule has 0 amide bonds. The summed E-state index contributed by atoms with van der Waals surface area (Å²) < 4.78 is 5.68. The Hall–Kier alpha value is -0.770. The van der Waals surface area contributed by atoms with Crippen LogP contribution in [0, 0.1) is 5.92 Å². The van der Waals surface area contributed by atoms with E-state index < -0.39 is 0 Å². The Bertz CT molecular complexity index is 466. The van der Waals surface area contributed by atoms with E-state index in [9.17, 15) is 5.11 Å². The van der Waals surface area contributed by atoms with Crippen molar-refractivity contribution in [3.63, 3.8) is 0 Å². The molecule has 3 atom stereocenters. The third-order valence-corrected chi connectivity index (χ3v) is 4.73. The van der Waals surface area contributed by atoms with E-state index in [1.54, 1.807) is 0 Å². The number of hydrogen-bond acceptors (Lipinski definition) is 3. The number of hydrogen-bond donors (Lipinski definition) is 2. The fraction of sp³-hybridized carbons (Fsp3) is 0.625. The molecule has 4 heteroatoms. The minimum absolute atomic E-state index is 0.105. The number of para-hydroxylation sites is 1. The zero-order valence-corrected chi connectivity index (χ0v) is 12.4. The third kappa shape index (κ3) is 3.11. The molecule has 20 heavy (non-hydrogen) atoms. The standard InChI is InChI=1S/C16H22ClNO2/c17-14-6-2-5-13-15(7-8-20-16(13)14)18-10-11-3-1-4-12(19)9-11/h2,5-6,11-12,15,18-19H,1,3-4,7-10H2. The summed E-state index contributed by atoms with van der Waals surface area (Å²) in [6, 6.07) is 6.26. The van der Waals surface area contributed by atoms with Gasteiger partial charge in [0.1, 0.15) is 5.75 Å². The fourth-order valence-electron chi connectivity index (χ4n) is 3.36. The highest BCUT2D eigenvalue weighted by molar-refractivity contribution is 6.32. The van der Waals surface area contributed by atoms with Crippen LogP contribution >= 0.6 is 11.6 Å². The number of ether oxygens (including phenoxy) is 1. The number of halogens is 1. The average molecular weight is 296 g/mol. The molecule has 2 N–H and O–H groups in total. The maximum atomic E-state index is 9.75. The van der Waals surface area contributed by atoms with Crippen molar-refractivity contribution in [2.45, 2.75) is 44.2 Å². The quantitative estimate of drug-likeness (QED) is 0.899. The van der Waals surface area contributed by atoms with Gasteiger partial charge < -0.3 is 15.2 Å². The first-order valence-electron chi connectivity index (χ1n) is 7.56. The second kappa shape index (κ2) is 6.33. The molecule has 2 aliphatic rings. The van der Waals surface area contributed by atoms with Crippen molar-refractivity contribution in [2.24, 2.45) is 5.92 Å². The first-order chi connectivity index (χ1) is 9.74. The van der Waals surface area contributed by atoms with E-state index in [0.29, 0.717) is 23.6 Å². The lowest BCUT2D eigenvalue weighted by atomic mass is 9.87. The minimum Gasteiger partial charge on any atom is -0.492 e. The zero-order valence-electron chi connectivity index (χ0n) is 11.6. The third-order valence-electron chi connectivity index (χ3n) is 4.43. The molecular formula is C16H22ClNO2. The van der Waals surface area contributed by atoms with Gasteiger partial charge in [0, 0.05) is 18.0 Å². The summed E-state index contributed by atoms with van der Waals surface area (Å²) in [6.45, 7) is 1.68. The van der Waals surface area contributed by atoms with Crippen LogP contribution in [0.4, 0.5) is 0 Å². The van der Waals surface area contributed by atoms with E-state index in [2.05, 4.69) is 11.4 Å². The van der Waals surface area contributed by atoms with Crippen molar-refractivity contribution >= 4 is 11.6 Å². The Morgan fingerprint density at radius 3 is 3.05 bits per heavy atom. The molecule has 1 fully saturated rings. The van der Waals surface area contributed by atoms with E-state index in [1.165, 1.54) is 12.0 Å². The van der Waals surface area contributed by atoms with Crippen molar-refractivity contribution in [3.8, 4) is 5.75 Å². The van der Waals surface area contributed by atoms with Gasteiger partial charge in [-0.05, 0) is 37.8 Å². The zero-order chi connectivity index (χ0) is 13.9. The van der Waals surface area contributed by atoms with Crippen LogP contribution < -0.4 is 10.1 Å². The van der Waals surface area contributed by atoms with Crippen LogP contribution in [0.15, 0.2) is 18.2 Å². The second-order valence-electron chi connectivity index (χ2n) is 5.94. The molecule has 3 unspecified atom stereocenters. The van der Waals surface area contributed by atoms with Crippen LogP contribution in [0.1, 0.15) is 43.7 Å². The fourth-order valence-corrected chi connectivity index (χ4v) is 3.59. The van der Waals surface area contributed by atoms with Gasteiger partial charge in [0.15, 0.2) is 0 Å². The average Bonchev–Trinajstić information content (AvgIpc) is 2.46. The highest BCUT2D eigenvalue weighted by atomic mass is 35.5. The normalized spacial score (nSPS) is 29.6. The minimum atomic E-state index is -0.105. The van der Waals surface area contributed by atoms with Crippen LogP contribution in [0.5, 0.6) is 5.75 Å². The number of aliphatic hydroxyl groups is 1. The molecule has 0 spiro atoms. The molecule has 1 saturated carbocycles. The molecule has 1 aliphatic heterocycles. The molecule has 1 heterocycles. The summed E-state index contributed by atoms with van der Waals surface area (Å²) in [5, 5.41) is 14.1.